The van der Waals surface area contributed by atoms with Crippen molar-refractivity contribution in [2.24, 2.45) is 0 Å². The zero-order valence-electron chi connectivity index (χ0n) is 22.3. The third-order valence-electron chi connectivity index (χ3n) is 6.64. The second kappa shape index (κ2) is 12.8. The molecule has 3 aromatic rings. The highest BCUT2D eigenvalue weighted by molar-refractivity contribution is 7.89. The van der Waals surface area contributed by atoms with Crippen molar-refractivity contribution < 1.29 is 32.7 Å². The van der Waals surface area contributed by atoms with E-state index >= 15 is 0 Å². The summed E-state index contributed by atoms with van der Waals surface area (Å²) in [6.45, 7) is 1.64. The molecule has 0 radical (unpaired) electrons. The molecule has 4 rings (SSSR count). The van der Waals surface area contributed by atoms with Crippen molar-refractivity contribution >= 4 is 44.6 Å². The van der Waals surface area contributed by atoms with E-state index in [2.05, 4.69) is 20.4 Å². The van der Waals surface area contributed by atoms with Gasteiger partial charge in [-0.2, -0.15) is 4.72 Å². The van der Waals surface area contributed by atoms with E-state index in [4.69, 9.17) is 10.5 Å². The summed E-state index contributed by atoms with van der Waals surface area (Å²) >= 11 is 0. The Morgan fingerprint density at radius 2 is 1.83 bits per heavy atom. The van der Waals surface area contributed by atoms with Crippen LogP contribution in [0.2, 0.25) is 0 Å². The molecule has 13 heteroatoms. The maximum absolute atomic E-state index is 13.8. The number of likely N-dealkylation sites (tertiary alicyclic amines) is 1. The smallest absolute Gasteiger partial charge is 0.404 e. The highest BCUT2D eigenvalue weighted by Crippen LogP contribution is 2.21. The molecule has 0 spiro atoms. The lowest BCUT2D eigenvalue weighted by atomic mass is 10.0. The number of amidine groups is 1. The number of hydroxylamine groups is 1. The van der Waals surface area contributed by atoms with Crippen LogP contribution in [0.3, 0.4) is 0 Å². The molecular formula is C28H31N5O7S. The van der Waals surface area contributed by atoms with E-state index in [1.165, 1.54) is 24.0 Å². The molecular weight excluding hydrogens is 550 g/mol. The Hall–Kier alpha value is -4.49. The minimum atomic E-state index is -4.15. The van der Waals surface area contributed by atoms with Crippen LogP contribution in [-0.4, -0.2) is 67.4 Å². The van der Waals surface area contributed by atoms with Crippen molar-refractivity contribution in [3.63, 3.8) is 0 Å². The highest BCUT2D eigenvalue weighted by atomic mass is 32.2. The number of rotatable bonds is 8. The zero-order valence-corrected chi connectivity index (χ0v) is 23.1. The Labute approximate surface area is 237 Å². The molecule has 0 aromatic heterocycles. The summed E-state index contributed by atoms with van der Waals surface area (Å²) in [5.74, 6) is -1.32. The number of benzene rings is 3. The predicted octanol–water partition coefficient (Wildman–Crippen LogP) is 2.38. The Morgan fingerprint density at radius 3 is 2.56 bits per heavy atom. The Kier molecular flexibility index (Phi) is 9.20. The van der Waals surface area contributed by atoms with E-state index in [0.717, 1.165) is 10.8 Å². The molecule has 0 aliphatic carbocycles. The standard InChI is InChI=1S/C28H31N5O7S/c1-18(34)40-31-26(29)22-9-4-6-19(14-22)15-25(27(35)33-13-5-10-23(17-33)30-28(36)37)32-41(38,39)24-12-11-20-7-2-3-8-21(20)16-24/h2-4,6-9,11-12,14,16,23,25,30,32H,5,10,13,15,17H2,1H3,(H2,29,31)(H,36,37)/t23-,25?/m1/s1. The molecule has 2 amide bonds. The van der Waals surface area contributed by atoms with Gasteiger partial charge in [-0.05, 0) is 53.8 Å². The molecule has 0 saturated carbocycles. The SMILES string of the molecule is CC(=O)ONC(=N)c1cccc(CC(NS(=O)(=O)c2ccc3ccccc3c2)C(=O)N2CCC[C@@H](NC(=O)O)C2)c1. The van der Waals surface area contributed by atoms with E-state index in [-0.39, 0.29) is 23.7 Å². The number of nitrogens with zero attached hydrogens (tertiary/aromatic N) is 1. The topological polar surface area (TPSA) is 178 Å². The number of carboxylic acid groups (broad SMARTS) is 1. The molecule has 1 unspecified atom stereocenters. The number of fused-ring (bicyclic) bond motifs is 1. The molecule has 41 heavy (non-hydrogen) atoms. The van der Waals surface area contributed by atoms with Crippen LogP contribution < -0.4 is 15.5 Å². The summed E-state index contributed by atoms with van der Waals surface area (Å²) < 4.78 is 29.6. The van der Waals surface area contributed by atoms with E-state index in [0.29, 0.717) is 30.5 Å². The van der Waals surface area contributed by atoms with E-state index in [9.17, 15) is 22.8 Å². The lowest BCUT2D eigenvalue weighted by Gasteiger charge is -2.35. The van der Waals surface area contributed by atoms with Gasteiger partial charge in [-0.3, -0.25) is 15.0 Å². The molecule has 216 valence electrons. The fraction of sp³-hybridized carbons (Fsp3) is 0.286. The number of amides is 2. The monoisotopic (exact) mass is 581 g/mol. The summed E-state index contributed by atoms with van der Waals surface area (Å²) in [6, 6.07) is 16.9. The van der Waals surface area contributed by atoms with Crippen molar-refractivity contribution in [1.82, 2.24) is 20.4 Å². The Bertz CT molecular complexity index is 1580. The molecule has 1 aliphatic heterocycles. The lowest BCUT2D eigenvalue weighted by molar-refractivity contribution is -0.145. The third-order valence-corrected chi connectivity index (χ3v) is 8.11. The van der Waals surface area contributed by atoms with Gasteiger partial charge in [-0.1, -0.05) is 48.5 Å². The molecule has 1 aliphatic rings. The number of hydrogen-bond acceptors (Lipinski definition) is 7. The van der Waals surface area contributed by atoms with Gasteiger partial charge in [-0.25, -0.2) is 18.7 Å². The lowest BCUT2D eigenvalue weighted by Crippen LogP contribution is -2.55. The maximum Gasteiger partial charge on any atom is 0.404 e. The average molecular weight is 582 g/mol. The van der Waals surface area contributed by atoms with Crippen molar-refractivity contribution in [3.8, 4) is 0 Å². The predicted molar refractivity (Wildman–Crippen MR) is 151 cm³/mol. The molecule has 1 saturated heterocycles. The molecule has 2 atom stereocenters. The van der Waals surface area contributed by atoms with Crippen LogP contribution in [0, 0.1) is 5.41 Å². The van der Waals surface area contributed by atoms with Crippen molar-refractivity contribution in [1.29, 1.82) is 5.41 Å². The average Bonchev–Trinajstić information content (AvgIpc) is 2.94. The van der Waals surface area contributed by atoms with E-state index in [1.54, 1.807) is 42.5 Å². The summed E-state index contributed by atoms with van der Waals surface area (Å²) in [5.41, 5.74) is 3.15. The molecule has 12 nitrogen and oxygen atoms in total. The summed E-state index contributed by atoms with van der Waals surface area (Å²) in [4.78, 5) is 42.2. The van der Waals surface area contributed by atoms with Crippen LogP contribution in [0.5, 0.6) is 0 Å². The number of sulfonamides is 1. The maximum atomic E-state index is 13.8. The van der Waals surface area contributed by atoms with Gasteiger partial charge in [-0.15, -0.1) is 0 Å². The fourth-order valence-corrected chi connectivity index (χ4v) is 5.95. The second-order valence-corrected chi connectivity index (χ2v) is 11.4. The quantitative estimate of drug-likeness (QED) is 0.153. The molecule has 1 fully saturated rings. The van der Waals surface area contributed by atoms with E-state index < -0.39 is 40.1 Å². The number of carbonyl (C=O) groups is 3. The number of nitrogens with one attached hydrogen (secondary N) is 4. The van der Waals surface area contributed by atoms with Gasteiger partial charge in [0.2, 0.25) is 15.9 Å². The summed E-state index contributed by atoms with van der Waals surface area (Å²) in [5, 5.41) is 21.2. The Balaban J connectivity index is 1.62. The van der Waals surface area contributed by atoms with Gasteiger partial charge in [0.15, 0.2) is 5.84 Å². The first-order chi connectivity index (χ1) is 19.5. The van der Waals surface area contributed by atoms with Crippen molar-refractivity contribution in [3.05, 3.63) is 77.9 Å². The Morgan fingerprint density at radius 1 is 1.07 bits per heavy atom. The largest absolute Gasteiger partial charge is 0.465 e. The van der Waals surface area contributed by atoms with Crippen LogP contribution >= 0.6 is 0 Å². The van der Waals surface area contributed by atoms with Crippen LogP contribution in [0.15, 0.2) is 71.6 Å². The van der Waals surface area contributed by atoms with Crippen molar-refractivity contribution in [2.45, 2.75) is 43.2 Å². The first-order valence-corrected chi connectivity index (χ1v) is 14.4. The first-order valence-electron chi connectivity index (χ1n) is 12.9. The normalized spacial score (nSPS) is 16.0. The van der Waals surface area contributed by atoms with E-state index in [1.807, 2.05) is 12.1 Å². The van der Waals surface area contributed by atoms with Gasteiger partial charge in [0, 0.05) is 31.6 Å². The highest BCUT2D eigenvalue weighted by Gasteiger charge is 2.33. The third kappa shape index (κ3) is 7.80. The van der Waals surface area contributed by atoms with Gasteiger partial charge in [0.1, 0.15) is 6.04 Å². The minimum absolute atomic E-state index is 0.000764. The fourth-order valence-electron chi connectivity index (χ4n) is 4.73. The van der Waals surface area contributed by atoms with Gasteiger partial charge in [0.05, 0.1) is 4.90 Å². The van der Waals surface area contributed by atoms with Crippen LogP contribution in [0.25, 0.3) is 10.8 Å². The minimum Gasteiger partial charge on any atom is -0.465 e. The van der Waals surface area contributed by atoms with Crippen molar-refractivity contribution in [2.75, 3.05) is 13.1 Å². The molecule has 3 aromatic carbocycles. The summed E-state index contributed by atoms with van der Waals surface area (Å²) in [6.07, 6.45) is -0.133. The van der Waals surface area contributed by atoms with Crippen LogP contribution in [0.1, 0.15) is 30.9 Å². The van der Waals surface area contributed by atoms with Crippen LogP contribution in [-0.2, 0) is 30.9 Å². The molecule has 5 N–H and O–H groups in total. The first kappa shape index (κ1) is 29.5. The summed E-state index contributed by atoms with van der Waals surface area (Å²) in [7, 11) is -4.15. The molecule has 0 bridgehead atoms. The zero-order chi connectivity index (χ0) is 29.6. The number of hydrogen-bond donors (Lipinski definition) is 5. The van der Waals surface area contributed by atoms with Gasteiger partial charge in [0.25, 0.3) is 0 Å². The second-order valence-electron chi connectivity index (χ2n) is 9.73. The number of piperidine rings is 1. The van der Waals surface area contributed by atoms with Gasteiger partial charge >= 0.3 is 12.1 Å². The van der Waals surface area contributed by atoms with Crippen LogP contribution in [0.4, 0.5) is 4.79 Å². The van der Waals surface area contributed by atoms with Gasteiger partial charge < -0.3 is 20.2 Å². The number of carbonyl (C=O) groups excluding carboxylic acids is 2. The molecule has 1 heterocycles.